The lowest BCUT2D eigenvalue weighted by Crippen LogP contribution is -2.28. The molecule has 1 unspecified atom stereocenters. The van der Waals surface area contributed by atoms with Crippen LogP contribution >= 0.6 is 0 Å². The molecule has 1 amide bonds. The van der Waals surface area contributed by atoms with Crippen molar-refractivity contribution in [3.63, 3.8) is 0 Å². The molecule has 2 aromatic rings. The van der Waals surface area contributed by atoms with E-state index >= 15 is 0 Å². The first-order valence-electron chi connectivity index (χ1n) is 7.02. The largest absolute Gasteiger partial charge is 0.445 e. The highest BCUT2D eigenvalue weighted by Gasteiger charge is 2.13. The van der Waals surface area contributed by atoms with Gasteiger partial charge in [-0.25, -0.2) is 4.79 Å². The van der Waals surface area contributed by atoms with Crippen molar-refractivity contribution in [1.82, 2.24) is 5.32 Å². The molecule has 0 aliphatic carbocycles. The van der Waals surface area contributed by atoms with Gasteiger partial charge in [-0.2, -0.15) is 0 Å². The monoisotopic (exact) mass is 284 g/mol. The Kier molecular flexibility index (Phi) is 5.21. The summed E-state index contributed by atoms with van der Waals surface area (Å²) in [7, 11) is 0. The Hall–Kier alpha value is -2.49. The Balaban J connectivity index is 1.90. The topological polar surface area (TPSA) is 64.3 Å². The van der Waals surface area contributed by atoms with E-state index in [0.717, 1.165) is 17.5 Å². The minimum atomic E-state index is -0.436. The van der Waals surface area contributed by atoms with Gasteiger partial charge in [-0.3, -0.25) is 0 Å². The molecule has 0 radical (unpaired) electrons. The number of benzene rings is 2. The van der Waals surface area contributed by atoms with Gasteiger partial charge >= 0.3 is 6.09 Å². The van der Waals surface area contributed by atoms with Crippen LogP contribution in [-0.2, 0) is 11.3 Å². The fourth-order valence-corrected chi connectivity index (χ4v) is 2.10. The Morgan fingerprint density at radius 1 is 1.14 bits per heavy atom. The quantitative estimate of drug-likeness (QED) is 0.824. The maximum atomic E-state index is 11.9. The molecule has 110 valence electrons. The first-order valence-corrected chi connectivity index (χ1v) is 7.02. The van der Waals surface area contributed by atoms with Crippen molar-refractivity contribution in [3.05, 3.63) is 65.7 Å². The van der Waals surface area contributed by atoms with E-state index in [9.17, 15) is 4.79 Å². The number of para-hydroxylation sites is 1. The second-order valence-corrected chi connectivity index (χ2v) is 4.79. The molecule has 1 atom stereocenters. The van der Waals surface area contributed by atoms with Crippen LogP contribution in [0.2, 0.25) is 0 Å². The predicted molar refractivity (Wildman–Crippen MR) is 83.6 cm³/mol. The predicted octanol–water partition coefficient (Wildman–Crippen LogP) is 3.65. The van der Waals surface area contributed by atoms with Crippen molar-refractivity contribution in [3.8, 4) is 0 Å². The lowest BCUT2D eigenvalue weighted by atomic mass is 10.1. The third kappa shape index (κ3) is 4.24. The number of nitrogen functional groups attached to an aromatic ring is 1. The van der Waals surface area contributed by atoms with E-state index in [1.54, 1.807) is 6.07 Å². The van der Waals surface area contributed by atoms with Gasteiger partial charge < -0.3 is 15.8 Å². The number of anilines is 1. The van der Waals surface area contributed by atoms with Crippen molar-refractivity contribution in [2.45, 2.75) is 26.0 Å². The Morgan fingerprint density at radius 2 is 1.81 bits per heavy atom. The Morgan fingerprint density at radius 3 is 2.48 bits per heavy atom. The zero-order valence-corrected chi connectivity index (χ0v) is 12.1. The summed E-state index contributed by atoms with van der Waals surface area (Å²) in [6.07, 6.45) is 0.362. The van der Waals surface area contributed by atoms with E-state index in [4.69, 9.17) is 10.5 Å². The van der Waals surface area contributed by atoms with E-state index in [1.807, 2.05) is 55.5 Å². The second kappa shape index (κ2) is 7.33. The number of nitrogens with two attached hydrogens (primary N) is 1. The zero-order chi connectivity index (χ0) is 15.1. The van der Waals surface area contributed by atoms with Crippen molar-refractivity contribution in [1.29, 1.82) is 0 Å². The van der Waals surface area contributed by atoms with Gasteiger partial charge in [0.2, 0.25) is 0 Å². The number of nitrogens with one attached hydrogen (secondary N) is 1. The summed E-state index contributed by atoms with van der Waals surface area (Å²) < 4.78 is 5.23. The van der Waals surface area contributed by atoms with Gasteiger partial charge in [-0.05, 0) is 18.1 Å². The Labute approximate surface area is 124 Å². The molecule has 4 nitrogen and oxygen atoms in total. The number of rotatable bonds is 5. The molecule has 0 aliphatic heterocycles. The average molecular weight is 284 g/mol. The SMILES string of the molecule is CCC(NC(=O)OCc1ccccc1N)c1ccccc1. The highest BCUT2D eigenvalue weighted by Crippen LogP contribution is 2.16. The fraction of sp³-hybridized carbons (Fsp3) is 0.235. The molecule has 0 aliphatic rings. The molecule has 21 heavy (non-hydrogen) atoms. The normalized spacial score (nSPS) is 11.7. The molecular weight excluding hydrogens is 264 g/mol. The van der Waals surface area contributed by atoms with Crippen molar-refractivity contribution >= 4 is 11.8 Å². The molecule has 3 N–H and O–H groups in total. The van der Waals surface area contributed by atoms with Crippen LogP contribution in [0.3, 0.4) is 0 Å². The van der Waals surface area contributed by atoms with Gasteiger partial charge in [-0.1, -0.05) is 55.5 Å². The van der Waals surface area contributed by atoms with Gasteiger partial charge in [0.25, 0.3) is 0 Å². The molecule has 0 bridgehead atoms. The van der Waals surface area contributed by atoms with Crippen LogP contribution in [0.15, 0.2) is 54.6 Å². The molecular formula is C17H20N2O2. The number of amides is 1. The number of hydrogen-bond donors (Lipinski definition) is 2. The van der Waals surface area contributed by atoms with E-state index in [1.165, 1.54) is 0 Å². The minimum absolute atomic E-state index is 0.0492. The summed E-state index contributed by atoms with van der Waals surface area (Å²) in [6.45, 7) is 2.19. The fourth-order valence-electron chi connectivity index (χ4n) is 2.10. The number of hydrogen-bond acceptors (Lipinski definition) is 3. The van der Waals surface area contributed by atoms with Crippen LogP contribution in [0.25, 0.3) is 0 Å². The van der Waals surface area contributed by atoms with E-state index in [-0.39, 0.29) is 12.6 Å². The minimum Gasteiger partial charge on any atom is -0.445 e. The second-order valence-electron chi connectivity index (χ2n) is 4.79. The van der Waals surface area contributed by atoms with Crippen molar-refractivity contribution in [2.75, 3.05) is 5.73 Å². The zero-order valence-electron chi connectivity index (χ0n) is 12.1. The first-order chi connectivity index (χ1) is 10.2. The third-order valence-corrected chi connectivity index (χ3v) is 3.32. The number of alkyl carbamates (subject to hydrolysis) is 1. The van der Waals surface area contributed by atoms with Crippen LogP contribution in [0.5, 0.6) is 0 Å². The van der Waals surface area contributed by atoms with Crippen molar-refractivity contribution in [2.24, 2.45) is 0 Å². The van der Waals surface area contributed by atoms with E-state index < -0.39 is 6.09 Å². The number of carbonyl (C=O) groups excluding carboxylic acids is 1. The molecule has 0 saturated carbocycles. The van der Waals surface area contributed by atoms with E-state index in [2.05, 4.69) is 5.32 Å². The van der Waals surface area contributed by atoms with Crippen LogP contribution in [0.1, 0.15) is 30.5 Å². The maximum Gasteiger partial charge on any atom is 0.407 e. The first kappa shape index (κ1) is 14.9. The summed E-state index contributed by atoms with van der Waals surface area (Å²) >= 11 is 0. The van der Waals surface area contributed by atoms with Gasteiger partial charge in [0, 0.05) is 11.3 Å². The molecule has 0 saturated heterocycles. The van der Waals surface area contributed by atoms with Crippen LogP contribution in [0, 0.1) is 0 Å². The summed E-state index contributed by atoms with van der Waals surface area (Å²) in [5.74, 6) is 0. The van der Waals surface area contributed by atoms with Crippen LogP contribution < -0.4 is 11.1 Å². The maximum absolute atomic E-state index is 11.9. The molecule has 0 heterocycles. The van der Waals surface area contributed by atoms with Crippen LogP contribution in [0.4, 0.5) is 10.5 Å². The molecule has 4 heteroatoms. The molecule has 2 aromatic carbocycles. The van der Waals surface area contributed by atoms with Crippen molar-refractivity contribution < 1.29 is 9.53 Å². The number of carbonyl (C=O) groups is 1. The lowest BCUT2D eigenvalue weighted by molar-refractivity contribution is 0.135. The molecule has 0 aromatic heterocycles. The van der Waals surface area contributed by atoms with Gasteiger partial charge in [0.15, 0.2) is 0 Å². The third-order valence-electron chi connectivity index (χ3n) is 3.32. The Bertz CT molecular complexity index is 584. The summed E-state index contributed by atoms with van der Waals surface area (Å²) in [4.78, 5) is 11.9. The van der Waals surface area contributed by atoms with Gasteiger partial charge in [0.1, 0.15) is 6.61 Å². The van der Waals surface area contributed by atoms with Gasteiger partial charge in [-0.15, -0.1) is 0 Å². The van der Waals surface area contributed by atoms with E-state index in [0.29, 0.717) is 5.69 Å². The summed E-state index contributed by atoms with van der Waals surface area (Å²) in [5.41, 5.74) is 8.31. The average Bonchev–Trinajstić information content (AvgIpc) is 2.52. The number of ether oxygens (including phenoxy) is 1. The summed E-state index contributed by atoms with van der Waals surface area (Å²) in [5, 5.41) is 2.87. The molecule has 0 fully saturated rings. The van der Waals surface area contributed by atoms with Gasteiger partial charge in [0.05, 0.1) is 6.04 Å². The molecule has 2 rings (SSSR count). The van der Waals surface area contributed by atoms with Crippen LogP contribution in [-0.4, -0.2) is 6.09 Å². The summed E-state index contributed by atoms with van der Waals surface area (Å²) in [6, 6.07) is 17.1. The standard InChI is InChI=1S/C17H20N2O2/c1-2-16(13-8-4-3-5-9-13)19-17(20)21-12-14-10-6-7-11-15(14)18/h3-11,16H,2,12,18H2,1H3,(H,19,20). The lowest BCUT2D eigenvalue weighted by Gasteiger charge is -2.17. The highest BCUT2D eigenvalue weighted by molar-refractivity contribution is 5.68. The molecule has 0 spiro atoms. The smallest absolute Gasteiger partial charge is 0.407 e. The highest BCUT2D eigenvalue weighted by atomic mass is 16.5.